The van der Waals surface area contributed by atoms with Crippen molar-refractivity contribution in [2.45, 2.75) is 4.83 Å². The van der Waals surface area contributed by atoms with Crippen LogP contribution in [0.3, 0.4) is 0 Å². The number of carbonyl (C=O) groups is 1. The minimum atomic E-state index is -3.66. The molecule has 0 fully saturated rings. The second kappa shape index (κ2) is 4.22. The highest BCUT2D eigenvalue weighted by molar-refractivity contribution is 9.10. The molecule has 0 aliphatic rings. The Kier molecular flexibility index (Phi) is 3.38. The molecular weight excluding hydrogens is 277 g/mol. The van der Waals surface area contributed by atoms with Crippen LogP contribution in [0, 0.1) is 5.82 Å². The first kappa shape index (κ1) is 12.0. The van der Waals surface area contributed by atoms with E-state index < -0.39 is 16.4 Å². The predicted octanol–water partition coefficient (Wildman–Crippen LogP) is 3.00. The van der Waals surface area contributed by atoms with E-state index >= 15 is 0 Å². The Bertz CT molecular complexity index is 387. The molecule has 0 spiro atoms. The average molecular weight is 283 g/mol. The van der Waals surface area contributed by atoms with E-state index in [4.69, 9.17) is 0 Å². The third-order valence-corrected chi connectivity index (χ3v) is 2.03. The van der Waals surface area contributed by atoms with Gasteiger partial charge in [0.15, 0.2) is 11.6 Å². The van der Waals surface area contributed by atoms with Gasteiger partial charge in [0.25, 0.3) is 0 Å². The van der Waals surface area contributed by atoms with E-state index in [0.29, 0.717) is 0 Å². The highest BCUT2D eigenvalue weighted by Gasteiger charge is 2.36. The summed E-state index contributed by atoms with van der Waals surface area (Å²) in [6, 6.07) is 2.78. The molecule has 0 radical (unpaired) electrons. The number of halogens is 4. The molecule has 0 N–H and O–H groups in total. The second-order valence-electron chi connectivity index (χ2n) is 2.68. The molecule has 15 heavy (non-hydrogen) atoms. The van der Waals surface area contributed by atoms with Gasteiger partial charge in [-0.15, -0.1) is 0 Å². The molecule has 0 saturated carbocycles. The van der Waals surface area contributed by atoms with Gasteiger partial charge in [0.05, 0.1) is 7.11 Å². The maximum absolute atomic E-state index is 12.9. The lowest BCUT2D eigenvalue weighted by Crippen LogP contribution is -2.20. The van der Waals surface area contributed by atoms with Crippen molar-refractivity contribution < 1.29 is 22.7 Å². The lowest BCUT2D eigenvalue weighted by molar-refractivity contribution is 0.0592. The van der Waals surface area contributed by atoms with Gasteiger partial charge in [-0.25, -0.2) is 4.39 Å². The van der Waals surface area contributed by atoms with Crippen LogP contribution in [0.4, 0.5) is 13.2 Å². The molecule has 1 aromatic rings. The largest absolute Gasteiger partial charge is 0.494 e. The molecule has 0 saturated heterocycles. The van der Waals surface area contributed by atoms with E-state index in [-0.39, 0.29) is 11.3 Å². The van der Waals surface area contributed by atoms with Crippen molar-refractivity contribution in [3.8, 4) is 5.75 Å². The molecule has 1 rings (SSSR count). The number of methoxy groups -OCH3 is 1. The number of ether oxygens (including phenoxy) is 1. The first-order chi connectivity index (χ1) is 6.86. The number of rotatable bonds is 3. The summed E-state index contributed by atoms with van der Waals surface area (Å²) in [5, 5.41) is 0. The van der Waals surface area contributed by atoms with Gasteiger partial charge in [-0.1, -0.05) is 0 Å². The second-order valence-corrected chi connectivity index (χ2v) is 3.67. The molecule has 82 valence electrons. The van der Waals surface area contributed by atoms with E-state index in [2.05, 4.69) is 4.74 Å². The molecule has 0 aromatic heterocycles. The lowest BCUT2D eigenvalue weighted by Gasteiger charge is -2.08. The number of hydrogen-bond donors (Lipinski definition) is 0. The van der Waals surface area contributed by atoms with Crippen LogP contribution >= 0.6 is 15.9 Å². The van der Waals surface area contributed by atoms with E-state index in [1.54, 1.807) is 0 Å². The van der Waals surface area contributed by atoms with E-state index in [9.17, 15) is 18.0 Å². The SMILES string of the molecule is COc1cc(C(=O)C(F)(F)Br)ccc1F. The smallest absolute Gasteiger partial charge is 0.363 e. The summed E-state index contributed by atoms with van der Waals surface area (Å²) in [6.07, 6.45) is 0. The van der Waals surface area contributed by atoms with Gasteiger partial charge < -0.3 is 4.74 Å². The summed E-state index contributed by atoms with van der Waals surface area (Å²) in [6.45, 7) is 0. The Morgan fingerprint density at radius 1 is 1.47 bits per heavy atom. The molecule has 0 heterocycles. The van der Waals surface area contributed by atoms with Gasteiger partial charge in [0, 0.05) is 5.56 Å². The summed E-state index contributed by atoms with van der Waals surface area (Å²) < 4.78 is 42.6. The van der Waals surface area contributed by atoms with Crippen LogP contribution in [-0.4, -0.2) is 17.7 Å². The molecular formula is C9H6BrF3O2. The zero-order valence-corrected chi connectivity index (χ0v) is 9.15. The lowest BCUT2D eigenvalue weighted by atomic mass is 10.1. The fourth-order valence-corrected chi connectivity index (χ4v) is 1.19. The van der Waals surface area contributed by atoms with Crippen LogP contribution in [0.25, 0.3) is 0 Å². The maximum atomic E-state index is 12.9. The van der Waals surface area contributed by atoms with Crippen LogP contribution in [0.5, 0.6) is 5.75 Å². The average Bonchev–Trinajstić information content (AvgIpc) is 2.16. The van der Waals surface area contributed by atoms with Crippen molar-refractivity contribution in [3.63, 3.8) is 0 Å². The van der Waals surface area contributed by atoms with Crippen LogP contribution in [0.15, 0.2) is 18.2 Å². The topological polar surface area (TPSA) is 26.3 Å². The van der Waals surface area contributed by atoms with Gasteiger partial charge in [0.2, 0.25) is 5.78 Å². The molecule has 0 aliphatic carbocycles. The van der Waals surface area contributed by atoms with E-state index in [1.807, 2.05) is 15.9 Å². The fraction of sp³-hybridized carbons (Fsp3) is 0.222. The monoisotopic (exact) mass is 282 g/mol. The van der Waals surface area contributed by atoms with Gasteiger partial charge in [-0.2, -0.15) is 8.78 Å². The van der Waals surface area contributed by atoms with Crippen molar-refractivity contribution in [2.75, 3.05) is 7.11 Å². The first-order valence-electron chi connectivity index (χ1n) is 3.81. The van der Waals surface area contributed by atoms with Gasteiger partial charge in [0.1, 0.15) is 0 Å². The van der Waals surface area contributed by atoms with Crippen LogP contribution < -0.4 is 4.74 Å². The third kappa shape index (κ3) is 2.71. The minimum Gasteiger partial charge on any atom is -0.494 e. The number of ketones is 1. The third-order valence-electron chi connectivity index (χ3n) is 1.67. The number of benzene rings is 1. The van der Waals surface area contributed by atoms with Crippen LogP contribution in [0.1, 0.15) is 10.4 Å². The van der Waals surface area contributed by atoms with Crippen molar-refractivity contribution in [1.29, 1.82) is 0 Å². The van der Waals surface area contributed by atoms with Crippen LogP contribution in [0.2, 0.25) is 0 Å². The summed E-state index contributed by atoms with van der Waals surface area (Å²) in [4.78, 5) is 7.41. The fourth-order valence-electron chi connectivity index (χ4n) is 0.965. The highest BCUT2D eigenvalue weighted by Crippen LogP contribution is 2.28. The molecule has 0 amide bonds. The molecule has 1 aromatic carbocycles. The van der Waals surface area contributed by atoms with Gasteiger partial charge >= 0.3 is 4.83 Å². The Balaban J connectivity index is 3.12. The van der Waals surface area contributed by atoms with Gasteiger partial charge in [-0.3, -0.25) is 4.79 Å². The molecule has 0 aliphatic heterocycles. The summed E-state index contributed by atoms with van der Waals surface area (Å²) in [5.41, 5.74) is -0.324. The van der Waals surface area contributed by atoms with E-state index in [1.165, 1.54) is 7.11 Å². The molecule has 0 bridgehead atoms. The zero-order chi connectivity index (χ0) is 11.6. The molecule has 0 atom stereocenters. The number of hydrogen-bond acceptors (Lipinski definition) is 2. The van der Waals surface area contributed by atoms with Crippen molar-refractivity contribution in [1.82, 2.24) is 0 Å². The summed E-state index contributed by atoms with van der Waals surface area (Å²) in [7, 11) is 1.18. The summed E-state index contributed by atoms with van der Waals surface area (Å²) >= 11 is 1.93. The van der Waals surface area contributed by atoms with Crippen molar-refractivity contribution >= 4 is 21.7 Å². The Morgan fingerprint density at radius 3 is 2.53 bits per heavy atom. The minimum absolute atomic E-state index is 0.252. The first-order valence-corrected chi connectivity index (χ1v) is 4.60. The van der Waals surface area contributed by atoms with Crippen LogP contribution in [-0.2, 0) is 0 Å². The quantitative estimate of drug-likeness (QED) is 0.629. The highest BCUT2D eigenvalue weighted by atomic mass is 79.9. The van der Waals surface area contributed by atoms with Gasteiger partial charge in [-0.05, 0) is 34.1 Å². The number of carbonyl (C=O) groups excluding carboxylic acids is 1. The Labute approximate surface area is 92.2 Å². The number of alkyl halides is 3. The molecule has 2 nitrogen and oxygen atoms in total. The predicted molar refractivity (Wildman–Crippen MR) is 51.2 cm³/mol. The van der Waals surface area contributed by atoms with Crippen molar-refractivity contribution in [2.24, 2.45) is 0 Å². The summed E-state index contributed by atoms with van der Waals surface area (Å²) in [5.74, 6) is -2.41. The molecule has 0 unspecified atom stereocenters. The number of Topliss-reactive ketones (excluding diaryl/α,β-unsaturated/α-hetero) is 1. The Morgan fingerprint density at radius 2 is 2.07 bits per heavy atom. The normalized spacial score (nSPS) is 11.3. The molecule has 6 heteroatoms. The zero-order valence-electron chi connectivity index (χ0n) is 7.56. The van der Waals surface area contributed by atoms with E-state index in [0.717, 1.165) is 18.2 Å². The Hall–Kier alpha value is -1.04. The maximum Gasteiger partial charge on any atom is 0.363 e. The standard InChI is InChI=1S/C9H6BrF3O2/c1-15-7-4-5(2-3-6(7)11)8(14)9(10,12)13/h2-4H,1H3. The van der Waals surface area contributed by atoms with Crippen molar-refractivity contribution in [3.05, 3.63) is 29.6 Å².